The van der Waals surface area contributed by atoms with Gasteiger partial charge in [-0.25, -0.2) is 0 Å². The third-order valence-electron chi connectivity index (χ3n) is 7.37. The second kappa shape index (κ2) is 14.5. The SMILES string of the molecule is C=CCCNCCOc1ccc(CCCNc2cc(OC)c(OC)cc2C2CCc3cc(O)ccc3C2)cc1. The summed E-state index contributed by atoms with van der Waals surface area (Å²) in [5.74, 6) is 3.10. The Morgan fingerprint density at radius 3 is 2.51 bits per heavy atom. The van der Waals surface area contributed by atoms with Gasteiger partial charge in [0.2, 0.25) is 0 Å². The van der Waals surface area contributed by atoms with Crippen LogP contribution in [0.2, 0.25) is 0 Å². The van der Waals surface area contributed by atoms with Crippen LogP contribution in [0.4, 0.5) is 5.69 Å². The number of hydrogen-bond donors (Lipinski definition) is 3. The van der Waals surface area contributed by atoms with E-state index in [0.29, 0.717) is 18.3 Å². The van der Waals surface area contributed by atoms with Crippen LogP contribution in [0, 0.1) is 0 Å². The maximum atomic E-state index is 9.87. The van der Waals surface area contributed by atoms with Gasteiger partial charge in [-0.15, -0.1) is 6.58 Å². The first-order valence-corrected chi connectivity index (χ1v) is 13.9. The van der Waals surface area contributed by atoms with Crippen LogP contribution in [0.25, 0.3) is 0 Å². The van der Waals surface area contributed by atoms with Crippen molar-refractivity contribution in [1.29, 1.82) is 0 Å². The van der Waals surface area contributed by atoms with Gasteiger partial charge in [-0.2, -0.15) is 0 Å². The minimum atomic E-state index is 0.343. The van der Waals surface area contributed by atoms with E-state index < -0.39 is 0 Å². The normalized spacial score (nSPS) is 14.4. The van der Waals surface area contributed by atoms with E-state index in [0.717, 1.165) is 81.1 Å². The number of aromatic hydroxyl groups is 1. The largest absolute Gasteiger partial charge is 0.508 e. The lowest BCUT2D eigenvalue weighted by Gasteiger charge is -2.28. The molecule has 208 valence electrons. The third-order valence-corrected chi connectivity index (χ3v) is 7.37. The Morgan fingerprint density at radius 2 is 1.74 bits per heavy atom. The minimum absolute atomic E-state index is 0.343. The zero-order chi connectivity index (χ0) is 27.5. The lowest BCUT2D eigenvalue weighted by atomic mass is 9.79. The first-order chi connectivity index (χ1) is 19.1. The smallest absolute Gasteiger partial charge is 0.162 e. The van der Waals surface area contributed by atoms with Gasteiger partial charge >= 0.3 is 0 Å². The van der Waals surface area contributed by atoms with Crippen LogP contribution >= 0.6 is 0 Å². The molecule has 1 unspecified atom stereocenters. The molecule has 0 fully saturated rings. The highest BCUT2D eigenvalue weighted by Crippen LogP contribution is 2.42. The van der Waals surface area contributed by atoms with Gasteiger partial charge in [0.15, 0.2) is 11.5 Å². The van der Waals surface area contributed by atoms with Crippen molar-refractivity contribution in [1.82, 2.24) is 5.32 Å². The molecular weight excluding hydrogens is 488 g/mol. The number of anilines is 1. The quantitative estimate of drug-likeness (QED) is 0.159. The highest BCUT2D eigenvalue weighted by atomic mass is 16.5. The first kappa shape index (κ1) is 28.4. The highest BCUT2D eigenvalue weighted by Gasteiger charge is 2.24. The van der Waals surface area contributed by atoms with Crippen LogP contribution in [0.15, 0.2) is 67.3 Å². The Morgan fingerprint density at radius 1 is 0.949 bits per heavy atom. The Labute approximate surface area is 233 Å². The molecule has 3 aromatic carbocycles. The summed E-state index contributed by atoms with van der Waals surface area (Å²) in [7, 11) is 3.36. The number of aryl methyl sites for hydroxylation is 2. The van der Waals surface area contributed by atoms with Crippen LogP contribution < -0.4 is 24.8 Å². The molecule has 3 aromatic rings. The summed E-state index contributed by atoms with van der Waals surface area (Å²) in [4.78, 5) is 0. The molecule has 0 radical (unpaired) electrons. The van der Waals surface area contributed by atoms with E-state index in [1.54, 1.807) is 20.3 Å². The van der Waals surface area contributed by atoms with Crippen LogP contribution in [0.5, 0.6) is 23.0 Å². The first-order valence-electron chi connectivity index (χ1n) is 13.9. The van der Waals surface area contributed by atoms with Crippen LogP contribution in [-0.2, 0) is 19.3 Å². The summed E-state index contributed by atoms with van der Waals surface area (Å²) in [6.07, 6.45) is 7.80. The van der Waals surface area contributed by atoms with Crippen LogP contribution in [-0.4, -0.2) is 45.6 Å². The number of nitrogens with one attached hydrogen (secondary N) is 2. The molecule has 0 heterocycles. The molecule has 1 atom stereocenters. The number of phenols is 1. The molecule has 6 nitrogen and oxygen atoms in total. The Kier molecular flexibility index (Phi) is 10.5. The average Bonchev–Trinajstić information content (AvgIpc) is 2.97. The molecule has 0 saturated carbocycles. The standard InChI is InChI=1S/C33H42N2O4/c1-4-5-16-34-18-19-39-29-14-8-24(9-15-29)7-6-17-35-31-23-33(38-3)32(37-2)22-30(31)27-11-10-26-21-28(36)13-12-25(26)20-27/h4,8-9,12-15,21-23,27,34-36H,1,5-7,10-11,16-20H2,2-3H3. The van der Waals surface area contributed by atoms with Gasteiger partial charge in [-0.3, -0.25) is 0 Å². The van der Waals surface area contributed by atoms with Gasteiger partial charge in [0, 0.05) is 24.8 Å². The average molecular weight is 531 g/mol. The molecule has 0 spiro atoms. The van der Waals surface area contributed by atoms with Crippen LogP contribution in [0.3, 0.4) is 0 Å². The lowest BCUT2D eigenvalue weighted by molar-refractivity contribution is 0.314. The summed E-state index contributed by atoms with van der Waals surface area (Å²) in [6.45, 7) is 7.01. The molecule has 6 heteroatoms. The zero-order valence-electron chi connectivity index (χ0n) is 23.3. The van der Waals surface area contributed by atoms with Crippen molar-refractivity contribution in [3.63, 3.8) is 0 Å². The topological polar surface area (TPSA) is 72.0 Å². The minimum Gasteiger partial charge on any atom is -0.508 e. The molecule has 1 aliphatic rings. The van der Waals surface area contributed by atoms with E-state index in [1.807, 2.05) is 12.1 Å². The van der Waals surface area contributed by atoms with E-state index in [4.69, 9.17) is 14.2 Å². The molecule has 0 bridgehead atoms. The van der Waals surface area contributed by atoms with E-state index in [9.17, 15) is 5.11 Å². The molecule has 3 N–H and O–H groups in total. The fourth-order valence-corrected chi connectivity index (χ4v) is 5.23. The lowest BCUT2D eigenvalue weighted by Crippen LogP contribution is -2.21. The van der Waals surface area contributed by atoms with Gasteiger partial charge in [0.1, 0.15) is 18.1 Å². The second-order valence-electron chi connectivity index (χ2n) is 10.0. The Hall–Kier alpha value is -3.64. The van der Waals surface area contributed by atoms with Crippen molar-refractivity contribution in [2.24, 2.45) is 0 Å². The molecule has 0 aromatic heterocycles. The molecule has 39 heavy (non-hydrogen) atoms. The number of hydrogen-bond acceptors (Lipinski definition) is 6. The van der Waals surface area contributed by atoms with E-state index >= 15 is 0 Å². The molecule has 0 amide bonds. The zero-order valence-corrected chi connectivity index (χ0v) is 23.3. The molecule has 0 aliphatic heterocycles. The van der Waals surface area contributed by atoms with Gasteiger partial charge in [-0.05, 0) is 104 Å². The number of phenolic OH excluding ortho intramolecular Hbond substituents is 1. The van der Waals surface area contributed by atoms with Gasteiger partial charge in [0.05, 0.1) is 14.2 Å². The predicted octanol–water partition coefficient (Wildman–Crippen LogP) is 6.27. The summed E-state index contributed by atoms with van der Waals surface area (Å²) in [5.41, 5.74) is 6.21. The third kappa shape index (κ3) is 7.93. The maximum Gasteiger partial charge on any atom is 0.162 e. The van der Waals surface area contributed by atoms with E-state index in [-0.39, 0.29) is 0 Å². The van der Waals surface area contributed by atoms with Crippen molar-refractivity contribution in [3.05, 3.63) is 89.5 Å². The Bertz CT molecular complexity index is 1210. The van der Waals surface area contributed by atoms with Crippen molar-refractivity contribution in [2.75, 3.05) is 45.8 Å². The number of benzene rings is 3. The second-order valence-corrected chi connectivity index (χ2v) is 10.0. The molecule has 1 aliphatic carbocycles. The fraction of sp³-hybridized carbons (Fsp3) is 0.394. The summed E-state index contributed by atoms with van der Waals surface area (Å²) < 4.78 is 17.1. The van der Waals surface area contributed by atoms with Gasteiger partial charge < -0.3 is 30.0 Å². The highest BCUT2D eigenvalue weighted by molar-refractivity contribution is 5.62. The fourth-order valence-electron chi connectivity index (χ4n) is 5.23. The predicted molar refractivity (Wildman–Crippen MR) is 159 cm³/mol. The molecule has 0 saturated heterocycles. The summed E-state index contributed by atoms with van der Waals surface area (Å²) in [6, 6.07) is 18.4. The monoisotopic (exact) mass is 530 g/mol. The Balaban J connectivity index is 1.33. The number of fused-ring (bicyclic) bond motifs is 1. The van der Waals surface area contributed by atoms with Gasteiger partial charge in [0.25, 0.3) is 0 Å². The summed E-state index contributed by atoms with van der Waals surface area (Å²) >= 11 is 0. The van der Waals surface area contributed by atoms with E-state index in [1.165, 1.54) is 22.3 Å². The van der Waals surface area contributed by atoms with Crippen molar-refractivity contribution in [3.8, 4) is 23.0 Å². The van der Waals surface area contributed by atoms with E-state index in [2.05, 4.69) is 59.7 Å². The van der Waals surface area contributed by atoms with Crippen molar-refractivity contribution in [2.45, 2.75) is 44.4 Å². The maximum absolute atomic E-state index is 9.87. The number of rotatable bonds is 15. The number of ether oxygens (including phenoxy) is 3. The molecular formula is C33H42N2O4. The molecule has 4 rings (SSSR count). The van der Waals surface area contributed by atoms with Crippen molar-refractivity contribution >= 4 is 5.69 Å². The van der Waals surface area contributed by atoms with Crippen molar-refractivity contribution < 1.29 is 19.3 Å². The van der Waals surface area contributed by atoms with Gasteiger partial charge in [-0.1, -0.05) is 24.3 Å². The number of methoxy groups -OCH3 is 2. The van der Waals surface area contributed by atoms with Crippen LogP contribution in [0.1, 0.15) is 47.4 Å². The summed E-state index contributed by atoms with van der Waals surface area (Å²) in [5, 5.41) is 16.9.